The van der Waals surface area contributed by atoms with Gasteiger partial charge in [0.05, 0.1) is 10.6 Å². The summed E-state index contributed by atoms with van der Waals surface area (Å²) >= 11 is 6.00. The molecule has 0 atom stereocenters. The van der Waals surface area contributed by atoms with E-state index in [-0.39, 0.29) is 5.56 Å². The van der Waals surface area contributed by atoms with Gasteiger partial charge in [-0.05, 0) is 51.0 Å². The van der Waals surface area contributed by atoms with Crippen molar-refractivity contribution in [1.29, 1.82) is 0 Å². The minimum atomic E-state index is -1.33. The molecule has 1 amide bonds. The summed E-state index contributed by atoms with van der Waals surface area (Å²) in [5.41, 5.74) is 0.861. The van der Waals surface area contributed by atoms with E-state index in [9.17, 15) is 9.59 Å². The maximum atomic E-state index is 12.0. The largest absolute Gasteiger partial charge is 0.480 e. The van der Waals surface area contributed by atoms with E-state index < -0.39 is 17.4 Å². The summed E-state index contributed by atoms with van der Waals surface area (Å²) in [6.45, 7) is 6.60. The molecule has 4 nitrogen and oxygen atoms in total. The Hall–Kier alpha value is -1.55. The lowest BCUT2D eigenvalue weighted by Crippen LogP contribution is -2.49. The molecular formula is C13H16ClNO3. The maximum absolute atomic E-state index is 12.0. The highest BCUT2D eigenvalue weighted by Gasteiger charge is 2.30. The van der Waals surface area contributed by atoms with Crippen LogP contribution in [0.1, 0.15) is 35.3 Å². The van der Waals surface area contributed by atoms with Gasteiger partial charge >= 0.3 is 5.97 Å². The summed E-state index contributed by atoms with van der Waals surface area (Å²) < 4.78 is 0. The Kier molecular flexibility index (Phi) is 4.02. The van der Waals surface area contributed by atoms with Crippen LogP contribution < -0.4 is 5.32 Å². The smallest absolute Gasteiger partial charge is 0.328 e. The predicted octanol–water partition coefficient (Wildman–Crippen LogP) is 2.55. The highest BCUT2D eigenvalue weighted by molar-refractivity contribution is 6.34. The van der Waals surface area contributed by atoms with Crippen LogP contribution in [0.5, 0.6) is 0 Å². The third kappa shape index (κ3) is 3.01. The van der Waals surface area contributed by atoms with Crippen molar-refractivity contribution in [1.82, 2.24) is 5.32 Å². The number of carboxylic acids is 1. The van der Waals surface area contributed by atoms with Gasteiger partial charge in [0.25, 0.3) is 5.91 Å². The van der Waals surface area contributed by atoms with Crippen molar-refractivity contribution < 1.29 is 14.7 Å². The second-order valence-corrected chi connectivity index (χ2v) is 5.21. The molecule has 0 saturated carbocycles. The summed E-state index contributed by atoms with van der Waals surface area (Å²) in [6.07, 6.45) is 0. The van der Waals surface area contributed by atoms with E-state index in [1.807, 2.05) is 13.8 Å². The number of rotatable bonds is 3. The third-order valence-electron chi connectivity index (χ3n) is 2.79. The van der Waals surface area contributed by atoms with E-state index >= 15 is 0 Å². The van der Waals surface area contributed by atoms with E-state index in [0.717, 1.165) is 11.1 Å². The molecule has 0 unspecified atom stereocenters. The number of nitrogens with one attached hydrogen (secondary N) is 1. The Morgan fingerprint density at radius 2 is 1.72 bits per heavy atom. The average Bonchev–Trinajstić information content (AvgIpc) is 2.22. The Balaban J connectivity index is 3.06. The van der Waals surface area contributed by atoms with Gasteiger partial charge in [0.15, 0.2) is 0 Å². The normalized spacial score (nSPS) is 11.2. The maximum Gasteiger partial charge on any atom is 0.328 e. The molecular weight excluding hydrogens is 254 g/mol. The lowest BCUT2D eigenvalue weighted by atomic mass is 10.0. The van der Waals surface area contributed by atoms with Crippen LogP contribution in [0.3, 0.4) is 0 Å². The van der Waals surface area contributed by atoms with E-state index in [1.54, 1.807) is 12.1 Å². The second kappa shape index (κ2) is 4.98. The van der Waals surface area contributed by atoms with Crippen molar-refractivity contribution in [2.24, 2.45) is 0 Å². The molecule has 0 aromatic heterocycles. The SMILES string of the molecule is Cc1cc(Cl)c(C(=O)NC(C)(C)C(=O)O)cc1C. The first-order chi connectivity index (χ1) is 8.15. The van der Waals surface area contributed by atoms with Gasteiger partial charge in [-0.3, -0.25) is 4.79 Å². The number of benzene rings is 1. The van der Waals surface area contributed by atoms with Gasteiger partial charge in [0, 0.05) is 0 Å². The molecule has 1 rings (SSSR count). The molecule has 0 fully saturated rings. The van der Waals surface area contributed by atoms with Crippen molar-refractivity contribution in [2.75, 3.05) is 0 Å². The molecule has 98 valence electrons. The predicted molar refractivity (Wildman–Crippen MR) is 70.1 cm³/mol. The number of aryl methyl sites for hydroxylation is 2. The molecule has 5 heteroatoms. The van der Waals surface area contributed by atoms with Crippen LogP contribution in [-0.4, -0.2) is 22.5 Å². The lowest BCUT2D eigenvalue weighted by molar-refractivity contribution is -0.143. The molecule has 0 saturated heterocycles. The standard InChI is InChI=1S/C13H16ClNO3/c1-7-5-9(10(14)6-8(7)2)11(16)15-13(3,4)12(17)18/h5-6H,1-4H3,(H,15,16)(H,17,18). The number of hydrogen-bond acceptors (Lipinski definition) is 2. The molecule has 1 aromatic rings. The zero-order valence-corrected chi connectivity index (χ0v) is 11.6. The number of carbonyl (C=O) groups excluding carboxylic acids is 1. The number of carboxylic acid groups (broad SMARTS) is 1. The summed E-state index contributed by atoms with van der Waals surface area (Å²) in [5, 5.41) is 11.7. The van der Waals surface area contributed by atoms with Crippen molar-refractivity contribution in [3.8, 4) is 0 Å². The Morgan fingerprint density at radius 1 is 1.22 bits per heavy atom. The zero-order valence-electron chi connectivity index (χ0n) is 10.8. The van der Waals surface area contributed by atoms with Crippen LogP contribution in [0.2, 0.25) is 5.02 Å². The average molecular weight is 270 g/mol. The molecule has 2 N–H and O–H groups in total. The second-order valence-electron chi connectivity index (χ2n) is 4.80. The Bertz CT molecular complexity index is 509. The summed E-state index contributed by atoms with van der Waals surface area (Å²) in [7, 11) is 0. The highest BCUT2D eigenvalue weighted by Crippen LogP contribution is 2.21. The van der Waals surface area contributed by atoms with E-state index in [4.69, 9.17) is 16.7 Å². The lowest BCUT2D eigenvalue weighted by Gasteiger charge is -2.21. The fourth-order valence-corrected chi connectivity index (χ4v) is 1.66. The molecule has 0 bridgehead atoms. The van der Waals surface area contributed by atoms with Crippen LogP contribution in [0.4, 0.5) is 0 Å². The third-order valence-corrected chi connectivity index (χ3v) is 3.10. The molecule has 1 aromatic carbocycles. The first kappa shape index (κ1) is 14.5. The first-order valence-electron chi connectivity index (χ1n) is 5.48. The van der Waals surface area contributed by atoms with Crippen LogP contribution in [0.25, 0.3) is 0 Å². The van der Waals surface area contributed by atoms with E-state index in [1.165, 1.54) is 13.8 Å². The summed E-state index contributed by atoms with van der Waals surface area (Å²) in [5.74, 6) is -1.59. The quantitative estimate of drug-likeness (QED) is 0.886. The van der Waals surface area contributed by atoms with Gasteiger partial charge < -0.3 is 10.4 Å². The zero-order chi connectivity index (χ0) is 14.1. The molecule has 0 aliphatic heterocycles. The van der Waals surface area contributed by atoms with Crippen molar-refractivity contribution in [2.45, 2.75) is 33.2 Å². The minimum Gasteiger partial charge on any atom is -0.480 e. The van der Waals surface area contributed by atoms with Gasteiger partial charge in [-0.2, -0.15) is 0 Å². The topological polar surface area (TPSA) is 66.4 Å². The molecule has 0 spiro atoms. The molecule has 0 aliphatic rings. The van der Waals surface area contributed by atoms with Gasteiger partial charge in [-0.25, -0.2) is 4.79 Å². The van der Waals surface area contributed by atoms with Crippen LogP contribution in [0.15, 0.2) is 12.1 Å². The van der Waals surface area contributed by atoms with Crippen LogP contribution >= 0.6 is 11.6 Å². The Labute approximate surface area is 111 Å². The number of aliphatic carboxylic acids is 1. The van der Waals surface area contributed by atoms with Gasteiger partial charge in [-0.1, -0.05) is 11.6 Å². The molecule has 18 heavy (non-hydrogen) atoms. The molecule has 0 heterocycles. The molecule has 0 radical (unpaired) electrons. The molecule has 0 aliphatic carbocycles. The van der Waals surface area contributed by atoms with Crippen LogP contribution in [-0.2, 0) is 4.79 Å². The van der Waals surface area contributed by atoms with Crippen LogP contribution in [0, 0.1) is 13.8 Å². The van der Waals surface area contributed by atoms with Crippen molar-refractivity contribution >= 4 is 23.5 Å². The van der Waals surface area contributed by atoms with Crippen molar-refractivity contribution in [3.63, 3.8) is 0 Å². The monoisotopic (exact) mass is 269 g/mol. The fraction of sp³-hybridized carbons (Fsp3) is 0.385. The van der Waals surface area contributed by atoms with Gasteiger partial charge in [0.2, 0.25) is 0 Å². The van der Waals surface area contributed by atoms with E-state index in [0.29, 0.717) is 5.02 Å². The highest BCUT2D eigenvalue weighted by atomic mass is 35.5. The number of halogens is 1. The number of carbonyl (C=O) groups is 2. The number of amides is 1. The summed E-state index contributed by atoms with van der Waals surface area (Å²) in [6, 6.07) is 3.35. The van der Waals surface area contributed by atoms with Gasteiger partial charge in [0.1, 0.15) is 5.54 Å². The van der Waals surface area contributed by atoms with E-state index in [2.05, 4.69) is 5.32 Å². The van der Waals surface area contributed by atoms with Gasteiger partial charge in [-0.15, -0.1) is 0 Å². The summed E-state index contributed by atoms with van der Waals surface area (Å²) in [4.78, 5) is 22.9. The van der Waals surface area contributed by atoms with Crippen molar-refractivity contribution in [3.05, 3.63) is 33.8 Å². The minimum absolute atomic E-state index is 0.286. The first-order valence-corrected chi connectivity index (χ1v) is 5.85. The Morgan fingerprint density at radius 3 is 2.22 bits per heavy atom. The fourth-order valence-electron chi connectivity index (χ4n) is 1.36. The number of hydrogen-bond donors (Lipinski definition) is 2.